The Morgan fingerprint density at radius 2 is 1.41 bits per heavy atom. The molecule has 0 fully saturated rings. The summed E-state index contributed by atoms with van der Waals surface area (Å²) in [4.78, 5) is 31.6. The molecule has 22 heavy (non-hydrogen) atoms. The van der Waals surface area contributed by atoms with E-state index in [9.17, 15) is 19.5 Å². The van der Waals surface area contributed by atoms with Gasteiger partial charge in [-0.05, 0) is 6.26 Å². The summed E-state index contributed by atoms with van der Waals surface area (Å²) in [5.41, 5.74) is -0.118. The highest BCUT2D eigenvalue weighted by Crippen LogP contribution is 2.15. The molecule has 0 saturated heterocycles. The number of rotatable bonds is 5. The second kappa shape index (κ2) is 12.9. The Hall–Kier alpha value is -1.81. The van der Waals surface area contributed by atoms with Gasteiger partial charge in [-0.2, -0.15) is 0 Å². The maximum atomic E-state index is 11.1. The summed E-state index contributed by atoms with van der Waals surface area (Å²) in [6.45, 7) is 0. The number of esters is 3. The zero-order valence-corrected chi connectivity index (χ0v) is 14.5. The lowest BCUT2D eigenvalue weighted by molar-refractivity contribution is -0.151. The predicted molar refractivity (Wildman–Crippen MR) is 83.4 cm³/mol. The van der Waals surface area contributed by atoms with Crippen LogP contribution < -0.4 is 0 Å². The minimum Gasteiger partial charge on any atom is -0.480 e. The molecule has 0 radical (unpaired) electrons. The van der Waals surface area contributed by atoms with Crippen LogP contribution in [0, 0.1) is 0 Å². The van der Waals surface area contributed by atoms with Crippen molar-refractivity contribution in [3.63, 3.8) is 0 Å². The molecule has 0 aliphatic carbocycles. The van der Waals surface area contributed by atoms with Crippen LogP contribution in [0.3, 0.4) is 0 Å². The van der Waals surface area contributed by atoms with Crippen LogP contribution in [-0.4, -0.2) is 61.9 Å². The van der Waals surface area contributed by atoms with Crippen LogP contribution in [-0.2, 0) is 33.3 Å². The number of aliphatic hydroxyl groups excluding tert-OH is 1. The minimum absolute atomic E-state index is 0.118. The molecule has 0 aliphatic heterocycles. The average Bonchev–Trinajstić information content (AvgIpc) is 2.54. The van der Waals surface area contributed by atoms with E-state index in [1.54, 1.807) is 6.26 Å². The topological polar surface area (TPSA) is 108 Å². The standard InChI is InChI=1S/C7H10O4S2.C5H8O4/c1-10-5(8)4(6(9)11-2)7(12)13-3;1-8-4(6)3-5(7)9-2/h8H,1-3H3;3H2,1-2H3. The van der Waals surface area contributed by atoms with Gasteiger partial charge in [-0.15, -0.1) is 11.8 Å². The van der Waals surface area contributed by atoms with Crippen molar-refractivity contribution >= 4 is 46.1 Å². The molecule has 0 aromatic rings. The van der Waals surface area contributed by atoms with Crippen molar-refractivity contribution in [3.05, 3.63) is 11.5 Å². The fraction of sp³-hybridized carbons (Fsp3) is 0.500. The van der Waals surface area contributed by atoms with Crippen molar-refractivity contribution in [2.24, 2.45) is 0 Å². The smallest absolute Gasteiger partial charge is 0.347 e. The quantitative estimate of drug-likeness (QED) is 0.192. The summed E-state index contributed by atoms with van der Waals surface area (Å²) in [7, 11) is 4.87. The summed E-state index contributed by atoms with van der Waals surface area (Å²) in [5.74, 6) is -2.39. The third kappa shape index (κ3) is 9.19. The van der Waals surface area contributed by atoms with Gasteiger partial charge in [-0.3, -0.25) is 9.59 Å². The highest BCUT2D eigenvalue weighted by atomic mass is 32.2. The number of methoxy groups -OCH3 is 4. The zero-order chi connectivity index (χ0) is 17.7. The molecule has 1 N–H and O–H groups in total. The van der Waals surface area contributed by atoms with E-state index in [1.165, 1.54) is 28.4 Å². The second-order valence-corrected chi connectivity index (χ2v) is 4.68. The van der Waals surface area contributed by atoms with Crippen molar-refractivity contribution in [2.75, 3.05) is 34.7 Å². The van der Waals surface area contributed by atoms with Crippen molar-refractivity contribution in [3.8, 4) is 0 Å². The Kier molecular flexibility index (Phi) is 13.2. The molecule has 0 aromatic carbocycles. The number of carbonyl (C=O) groups is 3. The first-order valence-electron chi connectivity index (χ1n) is 5.56. The molecule has 10 heteroatoms. The number of thiocarbonyl (C=S) groups is 1. The lowest BCUT2D eigenvalue weighted by Gasteiger charge is -2.06. The molecule has 0 bridgehead atoms. The number of ether oxygens (including phenoxy) is 4. The molecule has 0 saturated carbocycles. The third-order valence-corrected chi connectivity index (χ3v) is 3.21. The van der Waals surface area contributed by atoms with E-state index in [4.69, 9.17) is 12.2 Å². The largest absolute Gasteiger partial charge is 0.480 e. The second-order valence-electron chi connectivity index (χ2n) is 3.20. The molecule has 0 atom stereocenters. The van der Waals surface area contributed by atoms with Gasteiger partial charge < -0.3 is 24.1 Å². The summed E-state index contributed by atoms with van der Waals surface area (Å²) in [6, 6.07) is 0. The van der Waals surface area contributed by atoms with Gasteiger partial charge >= 0.3 is 17.9 Å². The number of thioether (sulfide) groups is 1. The van der Waals surface area contributed by atoms with Gasteiger partial charge in [-0.25, -0.2) is 4.79 Å². The Bertz CT molecular complexity index is 412. The molecule has 0 amide bonds. The molecule has 0 unspecified atom stereocenters. The van der Waals surface area contributed by atoms with Crippen LogP contribution in [0.2, 0.25) is 0 Å². The normalized spacial score (nSPS) is 10.2. The Morgan fingerprint density at radius 1 is 0.955 bits per heavy atom. The lowest BCUT2D eigenvalue weighted by atomic mass is 10.3. The van der Waals surface area contributed by atoms with Crippen molar-refractivity contribution in [2.45, 2.75) is 6.42 Å². The van der Waals surface area contributed by atoms with E-state index in [-0.39, 0.29) is 16.2 Å². The first kappa shape index (κ1) is 22.5. The Labute approximate surface area is 137 Å². The number of hydrogen-bond donors (Lipinski definition) is 1. The molecule has 0 heterocycles. The van der Waals surface area contributed by atoms with Gasteiger partial charge in [-0.1, -0.05) is 12.2 Å². The molecule has 0 aromatic heterocycles. The summed E-state index contributed by atoms with van der Waals surface area (Å²) in [5, 5.41) is 9.18. The molecule has 0 aliphatic rings. The summed E-state index contributed by atoms with van der Waals surface area (Å²) >= 11 is 5.98. The van der Waals surface area contributed by atoms with Crippen LogP contribution in [0.25, 0.3) is 0 Å². The number of carbonyl (C=O) groups excluding carboxylic acids is 3. The van der Waals surface area contributed by atoms with Crippen LogP contribution >= 0.6 is 24.0 Å². The molecule has 0 spiro atoms. The fourth-order valence-corrected chi connectivity index (χ4v) is 1.37. The molecule has 126 valence electrons. The number of aliphatic hydroxyl groups is 1. The summed E-state index contributed by atoms with van der Waals surface area (Å²) in [6.07, 6.45) is 1.38. The van der Waals surface area contributed by atoms with Crippen LogP contribution in [0.15, 0.2) is 11.5 Å². The third-order valence-electron chi connectivity index (χ3n) is 1.93. The van der Waals surface area contributed by atoms with Gasteiger partial charge in [0.1, 0.15) is 6.42 Å². The monoisotopic (exact) mass is 354 g/mol. The van der Waals surface area contributed by atoms with Gasteiger partial charge in [0.15, 0.2) is 5.57 Å². The zero-order valence-electron chi connectivity index (χ0n) is 12.8. The van der Waals surface area contributed by atoms with Crippen molar-refractivity contribution in [1.82, 2.24) is 0 Å². The molecular weight excluding hydrogens is 336 g/mol. The first-order valence-corrected chi connectivity index (χ1v) is 7.19. The Morgan fingerprint density at radius 3 is 1.68 bits per heavy atom. The predicted octanol–water partition coefficient (Wildman–Crippen LogP) is 0.988. The van der Waals surface area contributed by atoms with Gasteiger partial charge in [0.05, 0.1) is 32.6 Å². The average molecular weight is 354 g/mol. The van der Waals surface area contributed by atoms with Crippen molar-refractivity contribution in [1.29, 1.82) is 0 Å². The highest BCUT2D eigenvalue weighted by molar-refractivity contribution is 8.23. The molecule has 8 nitrogen and oxygen atoms in total. The maximum absolute atomic E-state index is 11.1. The van der Waals surface area contributed by atoms with Gasteiger partial charge in [0.25, 0.3) is 5.95 Å². The molecular formula is C12H18O8S2. The first-order chi connectivity index (χ1) is 10.3. The van der Waals surface area contributed by atoms with Crippen molar-refractivity contribution < 1.29 is 38.4 Å². The van der Waals surface area contributed by atoms with E-state index in [0.717, 1.165) is 11.8 Å². The van der Waals surface area contributed by atoms with Gasteiger partial charge in [0.2, 0.25) is 0 Å². The maximum Gasteiger partial charge on any atom is 0.347 e. The van der Waals surface area contributed by atoms with Crippen LogP contribution in [0.1, 0.15) is 6.42 Å². The minimum atomic E-state index is -0.710. The van der Waals surface area contributed by atoms with Gasteiger partial charge in [0, 0.05) is 0 Å². The molecule has 0 rings (SSSR count). The highest BCUT2D eigenvalue weighted by Gasteiger charge is 2.21. The SMILES string of the molecule is COC(=O)C(C(=S)SC)=C(O)OC.COC(=O)CC(=O)OC. The van der Waals surface area contributed by atoms with Crippen LogP contribution in [0.4, 0.5) is 0 Å². The van der Waals surface area contributed by atoms with E-state index in [1.807, 2.05) is 0 Å². The van der Waals surface area contributed by atoms with E-state index < -0.39 is 23.9 Å². The number of hydrogen-bond acceptors (Lipinski definition) is 10. The fourth-order valence-electron chi connectivity index (χ4n) is 0.826. The van der Waals surface area contributed by atoms with E-state index in [0.29, 0.717) is 0 Å². The van der Waals surface area contributed by atoms with E-state index >= 15 is 0 Å². The lowest BCUT2D eigenvalue weighted by Crippen LogP contribution is -2.14. The Balaban J connectivity index is 0. The summed E-state index contributed by atoms with van der Waals surface area (Å²) < 4.78 is 17.5. The van der Waals surface area contributed by atoms with Crippen LogP contribution in [0.5, 0.6) is 0 Å². The van der Waals surface area contributed by atoms with E-state index in [2.05, 4.69) is 18.9 Å².